The number of aliphatic hydroxyl groups is 1. The van der Waals surface area contributed by atoms with Crippen molar-refractivity contribution in [2.45, 2.75) is 75.7 Å². The van der Waals surface area contributed by atoms with Gasteiger partial charge in [-0.1, -0.05) is 13.8 Å². The third-order valence-corrected chi connectivity index (χ3v) is 9.52. The van der Waals surface area contributed by atoms with Gasteiger partial charge in [-0.2, -0.15) is 13.6 Å². The molecule has 3 aliphatic rings. The highest BCUT2D eigenvalue weighted by Gasteiger charge is 2.55. The molecule has 2 saturated carbocycles. The lowest BCUT2D eigenvalue weighted by atomic mass is 9.55. The van der Waals surface area contributed by atoms with Crippen molar-refractivity contribution in [2.75, 3.05) is 6.26 Å². The molecule has 168 valence electrons. The number of rotatable bonds is 4. The molecule has 1 unspecified atom stereocenters. The molecule has 4 rings (SSSR count). The minimum atomic E-state index is -4.27. The highest BCUT2D eigenvalue weighted by atomic mass is 32.2. The largest absolute Gasteiger partial charge is 0.393 e. The molecule has 0 aromatic heterocycles. The van der Waals surface area contributed by atoms with Crippen LogP contribution in [0.1, 0.15) is 68.6 Å². The van der Waals surface area contributed by atoms with Crippen molar-refractivity contribution in [3.05, 3.63) is 22.8 Å². The van der Waals surface area contributed by atoms with Crippen LogP contribution in [0, 0.1) is 17.3 Å². The van der Waals surface area contributed by atoms with Crippen LogP contribution in [0.3, 0.4) is 0 Å². The Bertz CT molecular complexity index is 1080. The molecule has 3 N–H and O–H groups in total. The van der Waals surface area contributed by atoms with E-state index in [2.05, 4.69) is 6.92 Å². The van der Waals surface area contributed by atoms with Crippen LogP contribution in [0.25, 0.3) is 0 Å². The summed E-state index contributed by atoms with van der Waals surface area (Å²) in [6, 6.07) is 1.68. The van der Waals surface area contributed by atoms with E-state index in [1.807, 2.05) is 0 Å². The van der Waals surface area contributed by atoms with Crippen LogP contribution in [-0.2, 0) is 33.0 Å². The first-order valence-corrected chi connectivity index (χ1v) is 14.0. The van der Waals surface area contributed by atoms with E-state index in [1.54, 1.807) is 13.0 Å². The quantitative estimate of drug-likeness (QED) is 0.714. The van der Waals surface area contributed by atoms with E-state index in [0.717, 1.165) is 43.2 Å². The maximum Gasteiger partial charge on any atom is 0.380 e. The van der Waals surface area contributed by atoms with Gasteiger partial charge in [0, 0.05) is 11.8 Å². The minimum absolute atomic E-state index is 0.0227. The third kappa shape index (κ3) is 3.47. The summed E-state index contributed by atoms with van der Waals surface area (Å²) in [7, 11) is -7.90. The van der Waals surface area contributed by atoms with Gasteiger partial charge in [0.25, 0.3) is 0 Å². The normalized spacial score (nSPS) is 35.1. The van der Waals surface area contributed by atoms with Gasteiger partial charge in [0.2, 0.25) is 0 Å². The average Bonchev–Trinajstić information content (AvgIpc) is 2.93. The molecule has 6 atom stereocenters. The third-order valence-electron chi connectivity index (χ3n) is 7.90. The van der Waals surface area contributed by atoms with Crippen LogP contribution in [0.5, 0.6) is 5.75 Å². The van der Waals surface area contributed by atoms with Gasteiger partial charge in [-0.15, -0.1) is 0 Å². The lowest BCUT2D eigenvalue weighted by molar-refractivity contribution is -0.0230. The number of sulfone groups is 1. The first-order chi connectivity index (χ1) is 13.9. The molecule has 0 radical (unpaired) electrons. The Balaban J connectivity index is 1.90. The number of aliphatic hydroxyl groups excluding tert-OH is 1. The van der Waals surface area contributed by atoms with Crippen molar-refractivity contribution in [1.82, 2.24) is 0 Å². The molecule has 0 saturated heterocycles. The van der Waals surface area contributed by atoms with Crippen molar-refractivity contribution in [1.29, 1.82) is 0 Å². The monoisotopic (exact) mass is 458 g/mol. The zero-order valence-electron chi connectivity index (χ0n) is 17.7. The molecular weight excluding hydrogens is 427 g/mol. The van der Waals surface area contributed by atoms with Gasteiger partial charge in [0.05, 0.1) is 11.0 Å². The van der Waals surface area contributed by atoms with Gasteiger partial charge in [-0.3, -0.25) is 0 Å². The molecular formula is C21H31NO6S2. The SMILES string of the molecule is CCc1c(OS(N)(=O)=[17O])cc2c(c1S(C)(=O)=O)[C@H]1CC[C@]3(C)[C@@H](O)CC[C@H]3[C@@H]1CC2. The Labute approximate surface area is 179 Å². The van der Waals surface area contributed by atoms with Crippen molar-refractivity contribution < 1.29 is 26.1 Å². The van der Waals surface area contributed by atoms with Crippen molar-refractivity contribution in [3.63, 3.8) is 0 Å². The van der Waals surface area contributed by atoms with E-state index in [9.17, 15) is 21.9 Å². The number of hydrogen-bond acceptors (Lipinski definition) is 6. The van der Waals surface area contributed by atoms with Gasteiger partial charge >= 0.3 is 10.3 Å². The fourth-order valence-corrected chi connectivity index (χ4v) is 8.43. The number of fused-ring (bicyclic) bond motifs is 5. The molecule has 0 amide bonds. The van der Waals surface area contributed by atoms with Crippen molar-refractivity contribution >= 4 is 20.1 Å². The Morgan fingerprint density at radius 2 is 1.97 bits per heavy atom. The molecule has 9 heteroatoms. The summed E-state index contributed by atoms with van der Waals surface area (Å²) in [5.41, 5.74) is 1.96. The Hall–Kier alpha value is -1.16. The van der Waals surface area contributed by atoms with Crippen molar-refractivity contribution in [2.24, 2.45) is 22.4 Å². The van der Waals surface area contributed by atoms with E-state index in [-0.39, 0.29) is 28.1 Å². The van der Waals surface area contributed by atoms with Gasteiger partial charge in [0.1, 0.15) is 5.75 Å². The molecule has 7 nitrogen and oxygen atoms in total. The van der Waals surface area contributed by atoms with Gasteiger partial charge in [0.15, 0.2) is 9.84 Å². The molecule has 0 bridgehead atoms. The fraction of sp³-hybridized carbons (Fsp3) is 0.714. The van der Waals surface area contributed by atoms with Gasteiger partial charge < -0.3 is 9.29 Å². The molecule has 0 spiro atoms. The number of nitrogens with two attached hydrogens (primary N) is 1. The molecule has 0 aliphatic heterocycles. The smallest absolute Gasteiger partial charge is 0.380 e. The van der Waals surface area contributed by atoms with Crippen LogP contribution >= 0.6 is 0 Å². The first-order valence-electron chi connectivity index (χ1n) is 10.7. The highest BCUT2D eigenvalue weighted by Crippen LogP contribution is 2.62. The van der Waals surface area contributed by atoms with E-state index in [1.165, 1.54) is 6.26 Å². The van der Waals surface area contributed by atoms with E-state index in [0.29, 0.717) is 30.2 Å². The Morgan fingerprint density at radius 3 is 2.57 bits per heavy atom. The van der Waals surface area contributed by atoms with E-state index in [4.69, 9.17) is 9.32 Å². The zero-order valence-corrected chi connectivity index (χ0v) is 19.4. The minimum Gasteiger partial charge on any atom is -0.393 e. The van der Waals surface area contributed by atoms with Crippen LogP contribution in [0.2, 0.25) is 0 Å². The van der Waals surface area contributed by atoms with Crippen LogP contribution in [0.4, 0.5) is 0 Å². The molecule has 30 heavy (non-hydrogen) atoms. The van der Waals surface area contributed by atoms with Crippen LogP contribution in [0.15, 0.2) is 11.0 Å². The standard InChI is InChI=1S/C21H31NO6S2/c1-4-13-17(28-30(22,26)27)11-12-5-6-14-15(19(12)20(13)29(3,24)25)9-10-21(2)16(14)7-8-18(21)23/h11,14-16,18,23H,4-10H2,1-3H3,(H2,22,26,27)/t14-,15+,16+,18+,21+/m1/s1/i26+1/t14-,15+,16+,18+,21+,30?. The molecule has 1 aromatic rings. The summed E-state index contributed by atoms with van der Waals surface area (Å²) >= 11 is 0. The topological polar surface area (TPSA) is 124 Å². The first kappa shape index (κ1) is 22.0. The second-order valence-corrected chi connectivity index (χ2v) is 12.6. The molecule has 2 fully saturated rings. The maximum absolute atomic E-state index is 12.9. The van der Waals surface area contributed by atoms with Crippen LogP contribution in [-0.4, -0.2) is 34.3 Å². The Kier molecular flexibility index (Phi) is 5.28. The van der Waals surface area contributed by atoms with Crippen molar-refractivity contribution in [3.8, 4) is 5.75 Å². The predicted octanol–water partition coefficient (Wildman–Crippen LogP) is 2.45. The predicted molar refractivity (Wildman–Crippen MR) is 113 cm³/mol. The summed E-state index contributed by atoms with van der Waals surface area (Å²) in [5.74, 6) is 0.811. The summed E-state index contributed by atoms with van der Waals surface area (Å²) in [6.45, 7) is 3.97. The van der Waals surface area contributed by atoms with Gasteiger partial charge in [-0.05, 0) is 85.3 Å². The maximum atomic E-state index is 12.9. The van der Waals surface area contributed by atoms with E-state index >= 15 is 0 Å². The second-order valence-electron chi connectivity index (χ2n) is 9.51. The molecule has 3 aliphatic carbocycles. The summed E-state index contributed by atoms with van der Waals surface area (Å²) < 4.78 is 54.1. The fourth-order valence-electron chi connectivity index (χ4n) is 6.66. The number of benzene rings is 1. The number of aryl methyl sites for hydroxylation is 1. The summed E-state index contributed by atoms with van der Waals surface area (Å²) in [4.78, 5) is 0.220. The molecule has 0 heterocycles. The second kappa shape index (κ2) is 7.18. The zero-order chi connectivity index (χ0) is 22.1. The number of hydrogen-bond donors (Lipinski definition) is 2. The Morgan fingerprint density at radius 1 is 1.27 bits per heavy atom. The molecule has 1 aromatic carbocycles. The van der Waals surface area contributed by atoms with E-state index < -0.39 is 20.1 Å². The summed E-state index contributed by atoms with van der Waals surface area (Å²) in [5, 5.41) is 15.7. The average molecular weight is 459 g/mol. The highest BCUT2D eigenvalue weighted by molar-refractivity contribution is 7.90. The lowest BCUT2D eigenvalue weighted by Gasteiger charge is -2.50. The lowest BCUT2D eigenvalue weighted by Crippen LogP contribution is -2.44. The van der Waals surface area contributed by atoms with Gasteiger partial charge in [-0.25, -0.2) is 8.42 Å². The van der Waals surface area contributed by atoms with Crippen LogP contribution < -0.4 is 9.32 Å². The summed E-state index contributed by atoms with van der Waals surface area (Å²) in [6.07, 6.45) is 6.21.